The van der Waals surface area contributed by atoms with E-state index in [1.807, 2.05) is 0 Å². The van der Waals surface area contributed by atoms with Crippen molar-refractivity contribution in [3.05, 3.63) is 23.9 Å². The largest absolute Gasteiger partial charge is 0.352 e. The number of nitrogens with one attached hydrogen (secondary N) is 1. The minimum absolute atomic E-state index is 0.0541. The number of alkyl halides is 2. The van der Waals surface area contributed by atoms with Crippen LogP contribution in [0.3, 0.4) is 0 Å². The molecule has 3 nitrogen and oxygen atoms in total. The lowest BCUT2D eigenvalue weighted by Gasteiger charge is -2.06. The summed E-state index contributed by atoms with van der Waals surface area (Å²) in [5.74, 6) is -2.96. The lowest BCUT2D eigenvalue weighted by molar-refractivity contribution is 0.0952. The number of thioether (sulfide) groups is 1. The van der Waals surface area contributed by atoms with Gasteiger partial charge < -0.3 is 5.32 Å². The highest BCUT2D eigenvalue weighted by Gasteiger charge is 2.15. The molecule has 0 spiro atoms. The molecule has 1 N–H and O–H groups in total. The normalized spacial score (nSPS) is 10.4. The van der Waals surface area contributed by atoms with Gasteiger partial charge in [-0.05, 0) is 30.8 Å². The second-order valence-electron chi connectivity index (χ2n) is 2.59. The first-order valence-corrected chi connectivity index (χ1v) is 5.21. The van der Waals surface area contributed by atoms with Gasteiger partial charge in [-0.2, -0.15) is 8.78 Å². The molecule has 0 saturated carbocycles. The van der Waals surface area contributed by atoms with Gasteiger partial charge in [-0.1, -0.05) is 0 Å². The fraction of sp³-hybridized carbons (Fsp3) is 0.333. The molecule has 0 atom stereocenters. The summed E-state index contributed by atoms with van der Waals surface area (Å²) in [6.07, 6.45) is 1.38. The number of aromatic nitrogens is 1. The Morgan fingerprint density at radius 3 is 3.00 bits per heavy atom. The fourth-order valence-electron chi connectivity index (χ4n) is 0.998. The maximum atomic E-state index is 12.1. The van der Waals surface area contributed by atoms with Crippen LogP contribution in [0.4, 0.5) is 8.78 Å². The zero-order valence-electron chi connectivity index (χ0n) is 8.04. The van der Waals surface area contributed by atoms with Crippen molar-refractivity contribution < 1.29 is 13.6 Å². The number of carbonyl (C=O) groups is 1. The van der Waals surface area contributed by atoms with E-state index < -0.39 is 5.76 Å². The van der Waals surface area contributed by atoms with E-state index in [1.165, 1.54) is 12.3 Å². The molecule has 6 heteroatoms. The average molecular weight is 232 g/mol. The van der Waals surface area contributed by atoms with E-state index in [4.69, 9.17) is 0 Å². The summed E-state index contributed by atoms with van der Waals surface area (Å²) < 4.78 is 24.3. The lowest BCUT2D eigenvalue weighted by atomic mass is 10.3. The number of rotatable bonds is 4. The molecule has 82 valence electrons. The van der Waals surface area contributed by atoms with E-state index in [0.29, 0.717) is 6.54 Å². The Morgan fingerprint density at radius 1 is 1.67 bits per heavy atom. The van der Waals surface area contributed by atoms with Crippen LogP contribution in [-0.2, 0) is 0 Å². The first kappa shape index (κ1) is 11.9. The number of halogens is 2. The molecule has 0 aliphatic heterocycles. The number of hydrogen-bond acceptors (Lipinski definition) is 3. The Balaban J connectivity index is 2.90. The molecular formula is C9H10F2N2OS. The van der Waals surface area contributed by atoms with E-state index in [0.717, 1.165) is 0 Å². The van der Waals surface area contributed by atoms with Crippen LogP contribution in [0.15, 0.2) is 23.4 Å². The van der Waals surface area contributed by atoms with Crippen LogP contribution in [0, 0.1) is 0 Å². The molecule has 1 rings (SSSR count). The summed E-state index contributed by atoms with van der Waals surface area (Å²) in [4.78, 5) is 15.2. The molecular weight excluding hydrogens is 222 g/mol. The van der Waals surface area contributed by atoms with Crippen molar-refractivity contribution in [2.24, 2.45) is 0 Å². The molecule has 0 unspecified atom stereocenters. The van der Waals surface area contributed by atoms with Crippen molar-refractivity contribution in [1.82, 2.24) is 10.3 Å². The van der Waals surface area contributed by atoms with Crippen molar-refractivity contribution in [2.45, 2.75) is 17.7 Å². The Labute approximate surface area is 90.3 Å². The quantitative estimate of drug-likeness (QED) is 0.809. The van der Waals surface area contributed by atoms with Crippen LogP contribution >= 0.6 is 11.8 Å². The third-order valence-corrected chi connectivity index (χ3v) is 2.28. The van der Waals surface area contributed by atoms with E-state index in [-0.39, 0.29) is 28.3 Å². The standard InChI is InChI=1S/C9H10F2N2OS/c1-2-12-7(14)6-4-3-5-13-8(6)15-9(10)11/h3-5,9H,2H2,1H3,(H,12,14). The third kappa shape index (κ3) is 3.47. The SMILES string of the molecule is CCNC(=O)c1cccnc1SC(F)F. The summed E-state index contributed by atoms with van der Waals surface area (Å²) in [5, 5.41) is 2.59. The zero-order valence-corrected chi connectivity index (χ0v) is 8.85. The first-order chi connectivity index (χ1) is 7.15. The third-order valence-electron chi connectivity index (χ3n) is 1.55. The number of pyridine rings is 1. The molecule has 1 amide bonds. The summed E-state index contributed by atoms with van der Waals surface area (Å²) in [7, 11) is 0. The number of nitrogens with zero attached hydrogens (tertiary/aromatic N) is 1. The van der Waals surface area contributed by atoms with Gasteiger partial charge in [0.15, 0.2) is 0 Å². The lowest BCUT2D eigenvalue weighted by Crippen LogP contribution is -2.23. The van der Waals surface area contributed by atoms with Gasteiger partial charge in [0.2, 0.25) is 0 Å². The predicted molar refractivity (Wildman–Crippen MR) is 54.1 cm³/mol. The molecule has 0 aliphatic rings. The molecule has 15 heavy (non-hydrogen) atoms. The highest BCUT2D eigenvalue weighted by atomic mass is 32.2. The van der Waals surface area contributed by atoms with Gasteiger partial charge in [-0.3, -0.25) is 4.79 Å². The number of amides is 1. The number of carbonyl (C=O) groups excluding carboxylic acids is 1. The first-order valence-electron chi connectivity index (χ1n) is 4.33. The molecule has 1 aromatic heterocycles. The van der Waals surface area contributed by atoms with Gasteiger partial charge in [0.05, 0.1) is 5.56 Å². The molecule has 1 aromatic rings. The van der Waals surface area contributed by atoms with Crippen LogP contribution in [0.2, 0.25) is 0 Å². The van der Waals surface area contributed by atoms with Crippen LogP contribution in [0.1, 0.15) is 17.3 Å². The van der Waals surface area contributed by atoms with Crippen molar-refractivity contribution in [1.29, 1.82) is 0 Å². The highest BCUT2D eigenvalue weighted by molar-refractivity contribution is 7.99. The van der Waals surface area contributed by atoms with Crippen LogP contribution in [-0.4, -0.2) is 23.2 Å². The van der Waals surface area contributed by atoms with E-state index in [1.54, 1.807) is 13.0 Å². The molecule has 0 fully saturated rings. The van der Waals surface area contributed by atoms with Gasteiger partial charge in [-0.25, -0.2) is 4.98 Å². The van der Waals surface area contributed by atoms with Gasteiger partial charge in [-0.15, -0.1) is 0 Å². The summed E-state index contributed by atoms with van der Waals surface area (Å²) in [6, 6.07) is 3.02. The Kier molecular flexibility index (Phi) is 4.48. The van der Waals surface area contributed by atoms with Gasteiger partial charge in [0.1, 0.15) is 5.03 Å². The van der Waals surface area contributed by atoms with E-state index in [2.05, 4.69) is 10.3 Å². The van der Waals surface area contributed by atoms with Crippen LogP contribution in [0.25, 0.3) is 0 Å². The van der Waals surface area contributed by atoms with E-state index in [9.17, 15) is 13.6 Å². The van der Waals surface area contributed by atoms with Crippen molar-refractivity contribution in [2.75, 3.05) is 6.54 Å². The maximum Gasteiger partial charge on any atom is 0.290 e. The summed E-state index contributed by atoms with van der Waals surface area (Å²) in [6.45, 7) is 2.21. The second-order valence-corrected chi connectivity index (χ2v) is 3.57. The van der Waals surface area contributed by atoms with Crippen molar-refractivity contribution in [3.8, 4) is 0 Å². The minimum Gasteiger partial charge on any atom is -0.352 e. The minimum atomic E-state index is -2.58. The van der Waals surface area contributed by atoms with Crippen LogP contribution < -0.4 is 5.32 Å². The molecule has 0 saturated heterocycles. The Hall–Kier alpha value is -1.17. The fourth-order valence-corrected chi connectivity index (χ4v) is 1.58. The molecule has 0 bridgehead atoms. The molecule has 0 radical (unpaired) electrons. The molecule has 0 aromatic carbocycles. The topological polar surface area (TPSA) is 42.0 Å². The smallest absolute Gasteiger partial charge is 0.290 e. The second kappa shape index (κ2) is 5.65. The Bertz CT molecular complexity index is 347. The highest BCUT2D eigenvalue weighted by Crippen LogP contribution is 2.25. The Morgan fingerprint density at radius 2 is 2.40 bits per heavy atom. The average Bonchev–Trinajstić information content (AvgIpc) is 2.18. The predicted octanol–water partition coefficient (Wildman–Crippen LogP) is 2.15. The summed E-state index contributed by atoms with van der Waals surface area (Å²) in [5.41, 5.74) is 0.185. The van der Waals surface area contributed by atoms with Crippen molar-refractivity contribution >= 4 is 17.7 Å². The van der Waals surface area contributed by atoms with Gasteiger partial charge in [0.25, 0.3) is 11.7 Å². The summed E-state index contributed by atoms with van der Waals surface area (Å²) >= 11 is 0.274. The monoisotopic (exact) mass is 232 g/mol. The maximum absolute atomic E-state index is 12.1. The van der Waals surface area contributed by atoms with E-state index >= 15 is 0 Å². The molecule has 0 aliphatic carbocycles. The van der Waals surface area contributed by atoms with Gasteiger partial charge in [0, 0.05) is 12.7 Å². The van der Waals surface area contributed by atoms with Gasteiger partial charge >= 0.3 is 0 Å². The van der Waals surface area contributed by atoms with Crippen LogP contribution in [0.5, 0.6) is 0 Å². The zero-order chi connectivity index (χ0) is 11.3. The van der Waals surface area contributed by atoms with Crippen molar-refractivity contribution in [3.63, 3.8) is 0 Å². The molecule has 1 heterocycles. The number of hydrogen-bond donors (Lipinski definition) is 1.